The first kappa shape index (κ1) is 14.0. The summed E-state index contributed by atoms with van der Waals surface area (Å²) in [6.07, 6.45) is -4.71. The minimum Gasteiger partial charge on any atom is -0.406 e. The number of nitrogens with zero attached hydrogens (tertiary/aromatic N) is 1. The van der Waals surface area contributed by atoms with Gasteiger partial charge >= 0.3 is 6.36 Å². The maximum atomic E-state index is 12.2. The van der Waals surface area contributed by atoms with E-state index in [9.17, 15) is 18.0 Å². The zero-order valence-corrected chi connectivity index (χ0v) is 10.9. The molecule has 1 aliphatic heterocycles. The van der Waals surface area contributed by atoms with Gasteiger partial charge in [-0.1, -0.05) is 12.1 Å². The van der Waals surface area contributed by atoms with Gasteiger partial charge in [0.05, 0.1) is 5.75 Å². The monoisotopic (exact) mass is 291 g/mol. The molecule has 0 bridgehead atoms. The quantitative estimate of drug-likeness (QED) is 0.856. The molecule has 19 heavy (non-hydrogen) atoms. The number of ether oxygens (including phenoxy) is 1. The van der Waals surface area contributed by atoms with Crippen molar-refractivity contribution in [3.63, 3.8) is 0 Å². The maximum Gasteiger partial charge on any atom is 0.573 e. The van der Waals surface area contributed by atoms with E-state index in [2.05, 4.69) is 4.74 Å². The van der Waals surface area contributed by atoms with Crippen LogP contribution in [0.1, 0.15) is 17.9 Å². The molecular formula is C12H12F3NO2S. The highest BCUT2D eigenvalue weighted by Crippen LogP contribution is 2.39. The minimum atomic E-state index is -4.71. The average molecular weight is 291 g/mol. The van der Waals surface area contributed by atoms with E-state index in [-0.39, 0.29) is 17.0 Å². The lowest BCUT2D eigenvalue weighted by Gasteiger charge is -2.23. The van der Waals surface area contributed by atoms with E-state index < -0.39 is 6.36 Å². The van der Waals surface area contributed by atoms with Gasteiger partial charge in [0.1, 0.15) is 11.1 Å². The Morgan fingerprint density at radius 1 is 1.47 bits per heavy atom. The molecule has 1 fully saturated rings. The number of hydrogen-bond donors (Lipinski definition) is 0. The van der Waals surface area contributed by atoms with E-state index in [1.54, 1.807) is 11.0 Å². The highest BCUT2D eigenvalue weighted by Gasteiger charge is 2.33. The molecule has 0 radical (unpaired) electrons. The number of halogens is 3. The smallest absolute Gasteiger partial charge is 0.406 e. The van der Waals surface area contributed by atoms with Crippen molar-refractivity contribution in [2.45, 2.75) is 18.7 Å². The highest BCUT2D eigenvalue weighted by atomic mass is 32.2. The van der Waals surface area contributed by atoms with Gasteiger partial charge in [-0.2, -0.15) is 0 Å². The van der Waals surface area contributed by atoms with Crippen LogP contribution >= 0.6 is 11.8 Å². The Labute approximate surface area is 112 Å². The second kappa shape index (κ2) is 5.32. The molecule has 1 unspecified atom stereocenters. The number of rotatable bonds is 3. The highest BCUT2D eigenvalue weighted by molar-refractivity contribution is 8.00. The van der Waals surface area contributed by atoms with E-state index in [1.807, 2.05) is 6.92 Å². The SMILES string of the molecule is CCN1C(=O)CSC1c1cccc(OC(F)(F)F)c1. The Hall–Kier alpha value is -1.37. The Kier molecular flexibility index (Phi) is 3.93. The number of alkyl halides is 3. The van der Waals surface area contributed by atoms with Crippen molar-refractivity contribution in [2.24, 2.45) is 0 Å². The largest absolute Gasteiger partial charge is 0.573 e. The molecule has 1 heterocycles. The first-order valence-electron chi connectivity index (χ1n) is 5.67. The molecule has 104 valence electrons. The van der Waals surface area contributed by atoms with Gasteiger partial charge in [0.15, 0.2) is 0 Å². The molecule has 0 aromatic heterocycles. The van der Waals surface area contributed by atoms with Crippen molar-refractivity contribution >= 4 is 17.7 Å². The lowest BCUT2D eigenvalue weighted by molar-refractivity contribution is -0.274. The van der Waals surface area contributed by atoms with Crippen LogP contribution in [-0.2, 0) is 4.79 Å². The number of amides is 1. The third-order valence-corrected chi connectivity index (χ3v) is 3.94. The summed E-state index contributed by atoms with van der Waals surface area (Å²) in [7, 11) is 0. The van der Waals surface area contributed by atoms with Gasteiger partial charge in [0.25, 0.3) is 0 Å². The van der Waals surface area contributed by atoms with Crippen molar-refractivity contribution in [1.82, 2.24) is 4.90 Å². The lowest BCUT2D eigenvalue weighted by atomic mass is 10.2. The molecule has 0 spiro atoms. The fourth-order valence-electron chi connectivity index (χ4n) is 1.94. The predicted molar refractivity (Wildman–Crippen MR) is 65.7 cm³/mol. The molecule has 1 aromatic rings. The molecule has 1 saturated heterocycles. The Bertz CT molecular complexity index is 478. The third kappa shape index (κ3) is 3.34. The number of benzene rings is 1. The summed E-state index contributed by atoms with van der Waals surface area (Å²) in [4.78, 5) is 13.2. The van der Waals surface area contributed by atoms with Crippen LogP contribution in [-0.4, -0.2) is 29.5 Å². The van der Waals surface area contributed by atoms with E-state index in [1.165, 1.54) is 30.0 Å². The van der Waals surface area contributed by atoms with Crippen LogP contribution in [0.25, 0.3) is 0 Å². The van der Waals surface area contributed by atoms with Crippen molar-refractivity contribution in [2.75, 3.05) is 12.3 Å². The van der Waals surface area contributed by atoms with Crippen molar-refractivity contribution in [3.8, 4) is 5.75 Å². The molecule has 1 amide bonds. The number of carbonyl (C=O) groups excluding carboxylic acids is 1. The average Bonchev–Trinajstić information content (AvgIpc) is 2.68. The molecule has 1 atom stereocenters. The van der Waals surface area contributed by atoms with Crippen LogP contribution in [0.4, 0.5) is 13.2 Å². The lowest BCUT2D eigenvalue weighted by Crippen LogP contribution is -2.27. The minimum absolute atomic E-state index is 0.000331. The summed E-state index contributed by atoms with van der Waals surface area (Å²) >= 11 is 1.40. The van der Waals surface area contributed by atoms with E-state index >= 15 is 0 Å². The van der Waals surface area contributed by atoms with Crippen LogP contribution < -0.4 is 4.74 Å². The topological polar surface area (TPSA) is 29.5 Å². The summed E-state index contributed by atoms with van der Waals surface area (Å²) in [6.45, 7) is 2.37. The summed E-state index contributed by atoms with van der Waals surface area (Å²) in [5.41, 5.74) is 0.638. The standard InChI is InChI=1S/C12H12F3NO2S/c1-2-16-10(17)7-19-11(16)8-4-3-5-9(6-8)18-12(13,14)15/h3-6,11H,2,7H2,1H3. The molecule has 1 aliphatic rings. The molecule has 0 aliphatic carbocycles. The van der Waals surface area contributed by atoms with Gasteiger partial charge in [-0.05, 0) is 24.6 Å². The van der Waals surface area contributed by atoms with Crippen LogP contribution in [0, 0.1) is 0 Å². The second-order valence-corrected chi connectivity index (χ2v) is 5.03. The van der Waals surface area contributed by atoms with Gasteiger partial charge in [-0.15, -0.1) is 24.9 Å². The number of carbonyl (C=O) groups is 1. The van der Waals surface area contributed by atoms with Gasteiger partial charge in [0.2, 0.25) is 5.91 Å². The summed E-state index contributed by atoms with van der Waals surface area (Å²) in [5, 5.41) is -0.241. The summed E-state index contributed by atoms with van der Waals surface area (Å²) in [5.74, 6) is 0.0868. The third-order valence-electron chi connectivity index (χ3n) is 2.69. The molecule has 7 heteroatoms. The van der Waals surface area contributed by atoms with Crippen LogP contribution in [0.5, 0.6) is 5.75 Å². The number of hydrogen-bond acceptors (Lipinski definition) is 3. The molecular weight excluding hydrogens is 279 g/mol. The fraction of sp³-hybridized carbons (Fsp3) is 0.417. The van der Waals surface area contributed by atoms with E-state index in [0.29, 0.717) is 17.9 Å². The predicted octanol–water partition coefficient (Wildman–Crippen LogP) is 3.18. The first-order valence-corrected chi connectivity index (χ1v) is 6.72. The van der Waals surface area contributed by atoms with Crippen molar-refractivity contribution in [3.05, 3.63) is 29.8 Å². The van der Waals surface area contributed by atoms with Crippen molar-refractivity contribution < 1.29 is 22.7 Å². The Morgan fingerprint density at radius 3 is 2.84 bits per heavy atom. The maximum absolute atomic E-state index is 12.2. The first-order chi connectivity index (χ1) is 8.90. The molecule has 0 saturated carbocycles. The van der Waals surface area contributed by atoms with Gasteiger partial charge in [-0.25, -0.2) is 0 Å². The summed E-state index contributed by atoms with van der Waals surface area (Å²) in [6, 6.07) is 5.76. The molecule has 2 rings (SSSR count). The normalized spacial score (nSPS) is 19.9. The molecule has 3 nitrogen and oxygen atoms in total. The summed E-state index contributed by atoms with van der Waals surface area (Å²) < 4.78 is 40.4. The molecule has 1 aromatic carbocycles. The molecule has 0 N–H and O–H groups in total. The zero-order valence-electron chi connectivity index (χ0n) is 10.1. The Morgan fingerprint density at radius 2 is 2.21 bits per heavy atom. The van der Waals surface area contributed by atoms with Crippen molar-refractivity contribution in [1.29, 1.82) is 0 Å². The van der Waals surface area contributed by atoms with Gasteiger partial charge in [0, 0.05) is 6.54 Å². The number of thioether (sulfide) groups is 1. The van der Waals surface area contributed by atoms with Crippen LogP contribution in [0.2, 0.25) is 0 Å². The van der Waals surface area contributed by atoms with Crippen LogP contribution in [0.3, 0.4) is 0 Å². The van der Waals surface area contributed by atoms with E-state index in [0.717, 1.165) is 0 Å². The van der Waals surface area contributed by atoms with Gasteiger partial charge in [-0.3, -0.25) is 4.79 Å². The second-order valence-electron chi connectivity index (χ2n) is 3.96. The van der Waals surface area contributed by atoms with E-state index in [4.69, 9.17) is 0 Å². The van der Waals surface area contributed by atoms with Gasteiger partial charge < -0.3 is 9.64 Å². The zero-order chi connectivity index (χ0) is 14.0. The van der Waals surface area contributed by atoms with Crippen LogP contribution in [0.15, 0.2) is 24.3 Å². The fourth-order valence-corrected chi connectivity index (χ4v) is 3.19. The Balaban J connectivity index is 2.21.